The average molecular weight is 229 g/mol. The van der Waals surface area contributed by atoms with Gasteiger partial charge in [0, 0.05) is 25.7 Å². The van der Waals surface area contributed by atoms with Crippen molar-refractivity contribution >= 4 is 28.9 Å². The number of nitrogens with zero attached hydrogens (tertiary/aromatic N) is 2. The first kappa shape index (κ1) is 11.5. The molecule has 0 N–H and O–H groups in total. The molecule has 1 amide bonds. The topological polar surface area (TPSA) is 63.5 Å². The van der Waals surface area contributed by atoms with Crippen molar-refractivity contribution in [1.82, 2.24) is 0 Å². The Morgan fingerprint density at radius 1 is 1.53 bits per heavy atom. The Hall–Kier alpha value is -1.62. The second-order valence-electron chi connectivity index (χ2n) is 2.97. The van der Waals surface area contributed by atoms with Gasteiger partial charge in [-0.1, -0.05) is 11.6 Å². The Bertz CT molecular complexity index is 420. The first-order valence-corrected chi connectivity index (χ1v) is 4.49. The van der Waals surface area contributed by atoms with E-state index in [0.717, 1.165) is 0 Å². The Kier molecular flexibility index (Phi) is 3.26. The number of amides is 1. The molecule has 1 aromatic carbocycles. The van der Waals surface area contributed by atoms with E-state index in [4.69, 9.17) is 11.6 Å². The third-order valence-electron chi connectivity index (χ3n) is 1.99. The zero-order chi connectivity index (χ0) is 11.6. The minimum absolute atomic E-state index is 0.0191. The molecule has 0 atom stereocenters. The van der Waals surface area contributed by atoms with E-state index in [1.165, 1.54) is 30.0 Å². The lowest BCUT2D eigenvalue weighted by Gasteiger charge is -2.14. The van der Waals surface area contributed by atoms with Gasteiger partial charge in [0.2, 0.25) is 5.91 Å². The standard InChI is InChI=1S/C9H9ClN2O3/c1-6(13)11(2)7-3-4-9(12(14)15)8(10)5-7/h3-5H,1-2H3. The minimum Gasteiger partial charge on any atom is -0.316 e. The normalized spacial score (nSPS) is 9.80. The van der Waals surface area contributed by atoms with E-state index in [1.807, 2.05) is 0 Å². The molecule has 0 radical (unpaired) electrons. The summed E-state index contributed by atoms with van der Waals surface area (Å²) in [5.41, 5.74) is 0.357. The molecule has 0 aliphatic rings. The number of benzene rings is 1. The first-order chi connectivity index (χ1) is 6.93. The molecule has 0 bridgehead atoms. The molecule has 0 saturated heterocycles. The number of hydrogen-bond acceptors (Lipinski definition) is 3. The highest BCUT2D eigenvalue weighted by Crippen LogP contribution is 2.28. The molecule has 0 unspecified atom stereocenters. The third kappa shape index (κ3) is 2.44. The third-order valence-corrected chi connectivity index (χ3v) is 2.29. The average Bonchev–Trinajstić information content (AvgIpc) is 2.15. The molecule has 0 spiro atoms. The maximum Gasteiger partial charge on any atom is 0.288 e. The van der Waals surface area contributed by atoms with Gasteiger partial charge in [0.05, 0.1) is 4.92 Å². The van der Waals surface area contributed by atoms with Crippen LogP contribution in [0.15, 0.2) is 18.2 Å². The van der Waals surface area contributed by atoms with Gasteiger partial charge in [-0.15, -0.1) is 0 Å². The largest absolute Gasteiger partial charge is 0.316 e. The second kappa shape index (κ2) is 4.27. The van der Waals surface area contributed by atoms with Crippen LogP contribution in [0.2, 0.25) is 5.02 Å². The van der Waals surface area contributed by atoms with Crippen LogP contribution in [0.3, 0.4) is 0 Å². The molecule has 6 heteroatoms. The number of nitro groups is 1. The molecule has 5 nitrogen and oxygen atoms in total. The van der Waals surface area contributed by atoms with Crippen LogP contribution in [0.4, 0.5) is 11.4 Å². The molecule has 0 aromatic heterocycles. The number of carbonyl (C=O) groups is 1. The lowest BCUT2D eigenvalue weighted by Crippen LogP contribution is -2.22. The summed E-state index contributed by atoms with van der Waals surface area (Å²) in [4.78, 5) is 22.3. The van der Waals surface area contributed by atoms with Crippen molar-refractivity contribution in [3.8, 4) is 0 Å². The van der Waals surface area contributed by atoms with Crippen LogP contribution in [0.1, 0.15) is 6.92 Å². The predicted molar refractivity (Wildman–Crippen MR) is 57.2 cm³/mol. The zero-order valence-corrected chi connectivity index (χ0v) is 8.99. The molecule has 0 heterocycles. The van der Waals surface area contributed by atoms with Crippen LogP contribution in [-0.2, 0) is 4.79 Å². The van der Waals surface area contributed by atoms with Crippen molar-refractivity contribution in [3.63, 3.8) is 0 Å². The molecular weight excluding hydrogens is 220 g/mol. The van der Waals surface area contributed by atoms with Gasteiger partial charge in [0.25, 0.3) is 5.69 Å². The van der Waals surface area contributed by atoms with Gasteiger partial charge in [-0.2, -0.15) is 0 Å². The number of carbonyl (C=O) groups excluding carboxylic acids is 1. The monoisotopic (exact) mass is 228 g/mol. The Morgan fingerprint density at radius 3 is 2.53 bits per heavy atom. The highest BCUT2D eigenvalue weighted by Gasteiger charge is 2.14. The summed E-state index contributed by atoms with van der Waals surface area (Å²) < 4.78 is 0. The fourth-order valence-electron chi connectivity index (χ4n) is 1.03. The van der Waals surface area contributed by atoms with E-state index < -0.39 is 4.92 Å². The maximum absolute atomic E-state index is 11.0. The van der Waals surface area contributed by atoms with E-state index in [2.05, 4.69) is 0 Å². The molecule has 1 rings (SSSR count). The van der Waals surface area contributed by atoms with Gasteiger partial charge < -0.3 is 4.90 Å². The van der Waals surface area contributed by atoms with Crippen molar-refractivity contribution in [2.75, 3.05) is 11.9 Å². The molecule has 80 valence electrons. The number of halogens is 1. The molecule has 0 saturated carbocycles. The fourth-order valence-corrected chi connectivity index (χ4v) is 1.28. The van der Waals surface area contributed by atoms with E-state index in [9.17, 15) is 14.9 Å². The van der Waals surface area contributed by atoms with Crippen molar-refractivity contribution in [1.29, 1.82) is 0 Å². The summed E-state index contributed by atoms with van der Waals surface area (Å²) in [7, 11) is 1.57. The second-order valence-corrected chi connectivity index (χ2v) is 3.38. The number of nitro benzene ring substituents is 1. The van der Waals surface area contributed by atoms with Crippen LogP contribution in [-0.4, -0.2) is 17.9 Å². The van der Waals surface area contributed by atoms with Crippen LogP contribution in [0.5, 0.6) is 0 Å². The van der Waals surface area contributed by atoms with Gasteiger partial charge in [-0.3, -0.25) is 14.9 Å². The Balaban J connectivity index is 3.12. The summed E-state index contributed by atoms with van der Waals surface area (Å²) in [6, 6.07) is 4.14. The van der Waals surface area contributed by atoms with Crippen molar-refractivity contribution in [2.24, 2.45) is 0 Å². The molecule has 0 fully saturated rings. The van der Waals surface area contributed by atoms with E-state index in [0.29, 0.717) is 5.69 Å². The summed E-state index contributed by atoms with van der Waals surface area (Å²) in [5.74, 6) is -0.167. The quantitative estimate of drug-likeness (QED) is 0.576. The van der Waals surface area contributed by atoms with Gasteiger partial charge in [-0.25, -0.2) is 0 Å². The van der Waals surface area contributed by atoms with Gasteiger partial charge in [-0.05, 0) is 12.1 Å². The van der Waals surface area contributed by atoms with E-state index in [1.54, 1.807) is 7.05 Å². The van der Waals surface area contributed by atoms with Crippen LogP contribution in [0.25, 0.3) is 0 Å². The van der Waals surface area contributed by atoms with E-state index in [-0.39, 0.29) is 16.6 Å². The molecule has 0 aliphatic carbocycles. The summed E-state index contributed by atoms with van der Waals surface area (Å²) in [6.45, 7) is 1.40. The fraction of sp³-hybridized carbons (Fsp3) is 0.222. The van der Waals surface area contributed by atoms with Gasteiger partial charge in [0.1, 0.15) is 5.02 Å². The number of anilines is 1. The van der Waals surface area contributed by atoms with Crippen molar-refractivity contribution < 1.29 is 9.72 Å². The molecule has 15 heavy (non-hydrogen) atoms. The number of hydrogen-bond donors (Lipinski definition) is 0. The molecular formula is C9H9ClN2O3. The summed E-state index contributed by atoms with van der Waals surface area (Å²) in [6.07, 6.45) is 0. The molecule has 1 aromatic rings. The highest BCUT2D eigenvalue weighted by atomic mass is 35.5. The van der Waals surface area contributed by atoms with Crippen molar-refractivity contribution in [3.05, 3.63) is 33.3 Å². The molecule has 0 aliphatic heterocycles. The lowest BCUT2D eigenvalue weighted by atomic mass is 10.2. The van der Waals surface area contributed by atoms with Crippen LogP contribution < -0.4 is 4.90 Å². The Labute approximate surface area is 91.4 Å². The van der Waals surface area contributed by atoms with E-state index >= 15 is 0 Å². The number of rotatable bonds is 2. The van der Waals surface area contributed by atoms with Crippen LogP contribution >= 0.6 is 11.6 Å². The minimum atomic E-state index is -0.570. The van der Waals surface area contributed by atoms with Gasteiger partial charge >= 0.3 is 0 Å². The maximum atomic E-state index is 11.0. The Morgan fingerprint density at radius 2 is 2.13 bits per heavy atom. The zero-order valence-electron chi connectivity index (χ0n) is 8.23. The summed E-state index contributed by atoms with van der Waals surface area (Å²) in [5, 5.41) is 10.5. The van der Waals surface area contributed by atoms with Crippen LogP contribution in [0, 0.1) is 10.1 Å². The summed E-state index contributed by atoms with van der Waals surface area (Å²) >= 11 is 5.69. The van der Waals surface area contributed by atoms with Crippen molar-refractivity contribution in [2.45, 2.75) is 6.92 Å². The smallest absolute Gasteiger partial charge is 0.288 e. The SMILES string of the molecule is CC(=O)N(C)c1ccc([N+](=O)[O-])c(Cl)c1. The first-order valence-electron chi connectivity index (χ1n) is 4.11. The highest BCUT2D eigenvalue weighted by molar-refractivity contribution is 6.33. The predicted octanol–water partition coefficient (Wildman–Crippen LogP) is 2.23. The van der Waals surface area contributed by atoms with Gasteiger partial charge in [0.15, 0.2) is 0 Å². The lowest BCUT2D eigenvalue weighted by molar-refractivity contribution is -0.384.